The van der Waals surface area contributed by atoms with E-state index in [0.717, 1.165) is 11.3 Å². The zero-order valence-corrected chi connectivity index (χ0v) is 9.08. The van der Waals surface area contributed by atoms with E-state index >= 15 is 0 Å². The minimum Gasteiger partial charge on any atom is -0.380 e. The summed E-state index contributed by atoms with van der Waals surface area (Å²) in [4.78, 5) is 11.7. The summed E-state index contributed by atoms with van der Waals surface area (Å²) in [6, 6.07) is 7.94. The first kappa shape index (κ1) is 10.0. The molecule has 1 aromatic rings. The molecule has 2 N–H and O–H groups in total. The summed E-state index contributed by atoms with van der Waals surface area (Å²) < 4.78 is 0. The number of nitrogens with one attached hydrogen (secondary N) is 2. The Morgan fingerprint density at radius 3 is 2.80 bits per heavy atom. The number of hydrogen-bond acceptors (Lipinski definition) is 2. The van der Waals surface area contributed by atoms with Crippen LogP contribution in [0.2, 0.25) is 0 Å². The van der Waals surface area contributed by atoms with E-state index in [1.807, 2.05) is 24.3 Å². The first-order valence-electron chi connectivity index (χ1n) is 5.32. The number of carbonyl (C=O) groups is 1. The third-order valence-corrected chi connectivity index (χ3v) is 2.80. The van der Waals surface area contributed by atoms with Crippen molar-refractivity contribution >= 4 is 11.6 Å². The minimum atomic E-state index is 0.0150. The number of amides is 1. The molecule has 15 heavy (non-hydrogen) atoms. The Kier molecular flexibility index (Phi) is 2.62. The first-order valence-corrected chi connectivity index (χ1v) is 5.32. The number of benzene rings is 1. The Hall–Kier alpha value is -1.51. The molecule has 1 unspecified atom stereocenters. The average Bonchev–Trinajstić information content (AvgIpc) is 2.39. The second kappa shape index (κ2) is 3.93. The molecule has 0 aliphatic carbocycles. The highest BCUT2D eigenvalue weighted by Crippen LogP contribution is 2.20. The van der Waals surface area contributed by atoms with Crippen LogP contribution in [0.25, 0.3) is 0 Å². The molecule has 0 radical (unpaired) electrons. The summed E-state index contributed by atoms with van der Waals surface area (Å²) in [5.41, 5.74) is 1.67. The fraction of sp³-hybridized carbons (Fsp3) is 0.417. The van der Waals surface area contributed by atoms with Crippen LogP contribution in [0.5, 0.6) is 0 Å². The van der Waals surface area contributed by atoms with Crippen molar-refractivity contribution in [2.75, 3.05) is 11.9 Å². The normalized spacial score (nSPS) is 20.2. The first-order chi connectivity index (χ1) is 7.18. The molecule has 0 aromatic heterocycles. The maximum absolute atomic E-state index is 11.7. The summed E-state index contributed by atoms with van der Waals surface area (Å²) in [5, 5.41) is 6.34. The predicted molar refractivity (Wildman–Crippen MR) is 61.0 cm³/mol. The van der Waals surface area contributed by atoms with Gasteiger partial charge in [-0.15, -0.1) is 0 Å². The Morgan fingerprint density at radius 2 is 2.07 bits per heavy atom. The van der Waals surface area contributed by atoms with Crippen molar-refractivity contribution in [3.63, 3.8) is 0 Å². The molecule has 1 atom stereocenters. The van der Waals surface area contributed by atoms with Gasteiger partial charge in [0.25, 0.3) is 5.91 Å². The van der Waals surface area contributed by atoms with Crippen LogP contribution in [-0.4, -0.2) is 18.5 Å². The van der Waals surface area contributed by atoms with E-state index in [2.05, 4.69) is 24.5 Å². The second-order valence-corrected chi connectivity index (χ2v) is 4.25. The molecule has 1 heterocycles. The summed E-state index contributed by atoms with van der Waals surface area (Å²) in [7, 11) is 0. The van der Waals surface area contributed by atoms with Gasteiger partial charge in [0.1, 0.15) is 0 Å². The van der Waals surface area contributed by atoms with E-state index in [1.54, 1.807) is 0 Å². The van der Waals surface area contributed by atoms with E-state index < -0.39 is 0 Å². The van der Waals surface area contributed by atoms with Gasteiger partial charge in [0.15, 0.2) is 0 Å². The molecule has 1 amide bonds. The van der Waals surface area contributed by atoms with Gasteiger partial charge in [-0.2, -0.15) is 0 Å². The van der Waals surface area contributed by atoms with Crippen LogP contribution in [0.1, 0.15) is 24.2 Å². The quantitative estimate of drug-likeness (QED) is 0.733. The van der Waals surface area contributed by atoms with Crippen LogP contribution in [0.15, 0.2) is 24.3 Å². The lowest BCUT2D eigenvalue weighted by atomic mass is 10.0. The topological polar surface area (TPSA) is 41.1 Å². The van der Waals surface area contributed by atoms with Crippen LogP contribution in [0.3, 0.4) is 0 Å². The fourth-order valence-corrected chi connectivity index (χ4v) is 1.76. The highest BCUT2D eigenvalue weighted by atomic mass is 16.1. The Bertz CT molecular complexity index is 374. The van der Waals surface area contributed by atoms with Gasteiger partial charge < -0.3 is 10.6 Å². The molecule has 0 spiro atoms. The number of anilines is 1. The molecule has 0 saturated carbocycles. The Balaban J connectivity index is 2.33. The fourth-order valence-electron chi connectivity index (χ4n) is 1.76. The SMILES string of the molecule is CC(C)C1CNC(=O)c2ccccc2N1. The van der Waals surface area contributed by atoms with Crippen molar-refractivity contribution in [3.8, 4) is 0 Å². The van der Waals surface area contributed by atoms with E-state index in [9.17, 15) is 4.79 Å². The summed E-state index contributed by atoms with van der Waals surface area (Å²) >= 11 is 0. The smallest absolute Gasteiger partial charge is 0.253 e. The van der Waals surface area contributed by atoms with Crippen molar-refractivity contribution < 1.29 is 4.79 Å². The van der Waals surface area contributed by atoms with Crippen LogP contribution >= 0.6 is 0 Å². The lowest BCUT2D eigenvalue weighted by Crippen LogP contribution is -2.36. The van der Waals surface area contributed by atoms with Gasteiger partial charge in [0.05, 0.1) is 5.56 Å². The number of hydrogen-bond donors (Lipinski definition) is 2. The van der Waals surface area contributed by atoms with E-state index in [1.165, 1.54) is 0 Å². The van der Waals surface area contributed by atoms with Crippen molar-refractivity contribution in [2.24, 2.45) is 5.92 Å². The lowest BCUT2D eigenvalue weighted by molar-refractivity contribution is 0.0954. The highest BCUT2D eigenvalue weighted by Gasteiger charge is 2.21. The number of para-hydroxylation sites is 1. The Morgan fingerprint density at radius 1 is 1.33 bits per heavy atom. The van der Waals surface area contributed by atoms with Crippen LogP contribution < -0.4 is 10.6 Å². The van der Waals surface area contributed by atoms with Gasteiger partial charge in [0, 0.05) is 18.3 Å². The molecule has 3 heteroatoms. The van der Waals surface area contributed by atoms with Gasteiger partial charge in [-0.05, 0) is 18.1 Å². The molecule has 1 aliphatic heterocycles. The molecule has 80 valence electrons. The lowest BCUT2D eigenvalue weighted by Gasteiger charge is -2.21. The predicted octanol–water partition coefficient (Wildman–Crippen LogP) is 1.87. The van der Waals surface area contributed by atoms with Crippen LogP contribution in [0, 0.1) is 5.92 Å². The number of rotatable bonds is 1. The van der Waals surface area contributed by atoms with Crippen molar-refractivity contribution in [1.29, 1.82) is 0 Å². The van der Waals surface area contributed by atoms with Crippen molar-refractivity contribution in [3.05, 3.63) is 29.8 Å². The summed E-state index contributed by atoms with van der Waals surface area (Å²) in [6.07, 6.45) is 0. The second-order valence-electron chi connectivity index (χ2n) is 4.25. The molecular formula is C12H16N2O. The third kappa shape index (κ3) is 1.96. The van der Waals surface area contributed by atoms with Crippen LogP contribution in [-0.2, 0) is 0 Å². The third-order valence-electron chi connectivity index (χ3n) is 2.80. The molecule has 0 saturated heterocycles. The van der Waals surface area contributed by atoms with Gasteiger partial charge >= 0.3 is 0 Å². The monoisotopic (exact) mass is 204 g/mol. The molecule has 3 nitrogen and oxygen atoms in total. The molecule has 0 fully saturated rings. The molecule has 0 bridgehead atoms. The van der Waals surface area contributed by atoms with Gasteiger partial charge in [-0.3, -0.25) is 4.79 Å². The zero-order valence-electron chi connectivity index (χ0n) is 9.08. The number of carbonyl (C=O) groups excluding carboxylic acids is 1. The average molecular weight is 204 g/mol. The van der Waals surface area contributed by atoms with E-state index in [0.29, 0.717) is 18.5 Å². The van der Waals surface area contributed by atoms with Gasteiger partial charge in [0.2, 0.25) is 0 Å². The van der Waals surface area contributed by atoms with Gasteiger partial charge in [-0.25, -0.2) is 0 Å². The summed E-state index contributed by atoms with van der Waals surface area (Å²) in [5.74, 6) is 0.512. The maximum Gasteiger partial charge on any atom is 0.253 e. The van der Waals surface area contributed by atoms with Crippen LogP contribution in [0.4, 0.5) is 5.69 Å². The number of fused-ring (bicyclic) bond motifs is 1. The maximum atomic E-state index is 11.7. The molecule has 1 aliphatic rings. The largest absolute Gasteiger partial charge is 0.380 e. The highest BCUT2D eigenvalue weighted by molar-refractivity contribution is 6.00. The molecule has 2 rings (SSSR count). The summed E-state index contributed by atoms with van der Waals surface area (Å²) in [6.45, 7) is 4.99. The Labute approximate surface area is 89.9 Å². The standard InChI is InChI=1S/C12H16N2O/c1-8(2)11-7-13-12(15)9-5-3-4-6-10(9)14-11/h3-6,8,11,14H,7H2,1-2H3,(H,13,15). The van der Waals surface area contributed by atoms with Gasteiger partial charge in [-0.1, -0.05) is 26.0 Å². The van der Waals surface area contributed by atoms with E-state index in [-0.39, 0.29) is 5.91 Å². The van der Waals surface area contributed by atoms with E-state index in [4.69, 9.17) is 0 Å². The molecular weight excluding hydrogens is 188 g/mol. The molecule has 1 aromatic carbocycles. The minimum absolute atomic E-state index is 0.0150. The van der Waals surface area contributed by atoms with Crippen molar-refractivity contribution in [2.45, 2.75) is 19.9 Å². The zero-order chi connectivity index (χ0) is 10.8. The van der Waals surface area contributed by atoms with Crippen molar-refractivity contribution in [1.82, 2.24) is 5.32 Å².